The molecular formula is C18H15Cl2NOS. The average Bonchev–Trinajstić information content (AvgIpc) is 2.90. The molecule has 0 atom stereocenters. The zero-order chi connectivity index (χ0) is 16.4. The van der Waals surface area contributed by atoms with Gasteiger partial charge >= 0.3 is 0 Å². The van der Waals surface area contributed by atoms with E-state index >= 15 is 0 Å². The number of thiophene rings is 1. The van der Waals surface area contributed by atoms with Gasteiger partial charge in [0.2, 0.25) is 0 Å². The number of hydrogen-bond donors (Lipinski definition) is 1. The van der Waals surface area contributed by atoms with Crippen molar-refractivity contribution in [3.05, 3.63) is 63.0 Å². The van der Waals surface area contributed by atoms with Crippen LogP contribution in [-0.4, -0.2) is 5.91 Å². The minimum Gasteiger partial charge on any atom is -0.321 e. The normalized spacial score (nSPS) is 10.9. The van der Waals surface area contributed by atoms with E-state index in [0.29, 0.717) is 15.7 Å². The summed E-state index contributed by atoms with van der Waals surface area (Å²) in [5.41, 5.74) is 1.76. The van der Waals surface area contributed by atoms with E-state index in [9.17, 15) is 4.79 Å². The van der Waals surface area contributed by atoms with E-state index in [0.717, 1.165) is 28.0 Å². The van der Waals surface area contributed by atoms with Crippen molar-refractivity contribution < 1.29 is 4.79 Å². The number of anilines is 1. The number of nitrogens with one attached hydrogen (secondary N) is 1. The topological polar surface area (TPSA) is 29.1 Å². The van der Waals surface area contributed by atoms with Gasteiger partial charge in [0.25, 0.3) is 5.91 Å². The van der Waals surface area contributed by atoms with Gasteiger partial charge in [-0.05, 0) is 41.6 Å². The van der Waals surface area contributed by atoms with Crippen molar-refractivity contribution in [3.8, 4) is 0 Å². The Bertz CT molecular complexity index is 873. The third-order valence-electron chi connectivity index (χ3n) is 3.58. The molecular weight excluding hydrogens is 349 g/mol. The highest BCUT2D eigenvalue weighted by atomic mass is 35.5. The number of carbonyl (C=O) groups excluding carboxylic acids is 1. The minimum atomic E-state index is -0.104. The molecule has 5 heteroatoms. The van der Waals surface area contributed by atoms with Crippen molar-refractivity contribution >= 4 is 56.2 Å². The fourth-order valence-corrected chi connectivity index (χ4v) is 3.99. The number of hydrogen-bond acceptors (Lipinski definition) is 2. The van der Waals surface area contributed by atoms with Crippen LogP contribution in [0.3, 0.4) is 0 Å². The predicted octanol–water partition coefficient (Wildman–Crippen LogP) is 6.41. The molecule has 1 heterocycles. The number of halogens is 2. The van der Waals surface area contributed by atoms with Crippen LogP contribution < -0.4 is 5.32 Å². The predicted molar refractivity (Wildman–Crippen MR) is 100 cm³/mol. The third kappa shape index (κ3) is 3.37. The lowest BCUT2D eigenvalue weighted by Crippen LogP contribution is -2.12. The summed E-state index contributed by atoms with van der Waals surface area (Å²) >= 11 is 13.4. The molecule has 0 aliphatic rings. The summed E-state index contributed by atoms with van der Waals surface area (Å²) in [7, 11) is 0. The second kappa shape index (κ2) is 6.91. The highest BCUT2D eigenvalue weighted by Gasteiger charge is 2.18. The number of amides is 1. The van der Waals surface area contributed by atoms with Gasteiger partial charge in [0, 0.05) is 10.4 Å². The Labute approximate surface area is 149 Å². The van der Waals surface area contributed by atoms with E-state index < -0.39 is 0 Å². The largest absolute Gasteiger partial charge is 0.321 e. The van der Waals surface area contributed by atoms with Crippen molar-refractivity contribution in [3.63, 3.8) is 0 Å². The van der Waals surface area contributed by atoms with Crippen molar-refractivity contribution in [2.24, 2.45) is 0 Å². The summed E-state index contributed by atoms with van der Waals surface area (Å²) in [4.78, 5) is 13.5. The van der Waals surface area contributed by atoms with E-state index in [1.807, 2.05) is 12.1 Å². The molecule has 2 aromatic carbocycles. The van der Waals surface area contributed by atoms with Crippen molar-refractivity contribution in [2.75, 3.05) is 5.32 Å². The van der Waals surface area contributed by atoms with E-state index in [-0.39, 0.29) is 5.91 Å². The van der Waals surface area contributed by atoms with Gasteiger partial charge in [-0.2, -0.15) is 0 Å². The lowest BCUT2D eigenvalue weighted by Gasteiger charge is -2.07. The molecule has 1 N–H and O–H groups in total. The fraction of sp³-hybridized carbons (Fsp3) is 0.167. The van der Waals surface area contributed by atoms with Crippen LogP contribution in [0.15, 0.2) is 42.5 Å². The lowest BCUT2D eigenvalue weighted by molar-refractivity contribution is 0.103. The summed E-state index contributed by atoms with van der Waals surface area (Å²) < 4.78 is 1.13. The number of fused-ring (bicyclic) bond motifs is 1. The van der Waals surface area contributed by atoms with Crippen LogP contribution in [0.4, 0.5) is 5.69 Å². The highest BCUT2D eigenvalue weighted by molar-refractivity contribution is 7.21. The van der Waals surface area contributed by atoms with Gasteiger partial charge in [-0.1, -0.05) is 54.7 Å². The smallest absolute Gasteiger partial charge is 0.266 e. The minimum absolute atomic E-state index is 0.104. The van der Waals surface area contributed by atoms with Gasteiger partial charge in [0.05, 0.1) is 14.9 Å². The summed E-state index contributed by atoms with van der Waals surface area (Å²) in [6, 6.07) is 13.2. The first-order chi connectivity index (χ1) is 11.1. The second-order valence-corrected chi connectivity index (χ2v) is 7.11. The first-order valence-corrected chi connectivity index (χ1v) is 8.94. The van der Waals surface area contributed by atoms with Gasteiger partial charge in [-0.15, -0.1) is 11.3 Å². The van der Waals surface area contributed by atoms with Crippen molar-refractivity contribution in [1.29, 1.82) is 0 Å². The molecule has 0 radical (unpaired) electrons. The lowest BCUT2D eigenvalue weighted by atomic mass is 10.1. The maximum absolute atomic E-state index is 12.7. The molecule has 0 saturated heterocycles. The first kappa shape index (κ1) is 16.3. The van der Waals surface area contributed by atoms with Crippen LogP contribution in [0.25, 0.3) is 10.1 Å². The number of carbonyl (C=O) groups is 1. The Balaban J connectivity index is 1.96. The SMILES string of the molecule is CCCc1c(C(=O)Nc2ccc(Cl)c(Cl)c2)sc2ccccc12. The van der Waals surface area contributed by atoms with Gasteiger partial charge < -0.3 is 5.32 Å². The molecule has 0 aliphatic heterocycles. The number of rotatable bonds is 4. The van der Waals surface area contributed by atoms with Gasteiger partial charge in [0.1, 0.15) is 0 Å². The molecule has 0 spiro atoms. The van der Waals surface area contributed by atoms with Crippen LogP contribution in [0, 0.1) is 0 Å². The number of benzene rings is 2. The van der Waals surface area contributed by atoms with E-state index in [1.54, 1.807) is 18.2 Å². The second-order valence-electron chi connectivity index (χ2n) is 5.24. The molecule has 3 rings (SSSR count). The molecule has 2 nitrogen and oxygen atoms in total. The zero-order valence-electron chi connectivity index (χ0n) is 12.5. The molecule has 0 fully saturated rings. The monoisotopic (exact) mass is 363 g/mol. The number of aryl methyl sites for hydroxylation is 1. The zero-order valence-corrected chi connectivity index (χ0v) is 14.9. The van der Waals surface area contributed by atoms with Gasteiger partial charge in [-0.3, -0.25) is 4.79 Å². The Morgan fingerprint density at radius 3 is 2.65 bits per heavy atom. The summed E-state index contributed by atoms with van der Waals surface area (Å²) in [5.74, 6) is -0.104. The molecule has 0 bridgehead atoms. The Morgan fingerprint density at radius 1 is 1.13 bits per heavy atom. The summed E-state index contributed by atoms with van der Waals surface area (Å²) in [6.45, 7) is 2.12. The van der Waals surface area contributed by atoms with Gasteiger partial charge in [0.15, 0.2) is 0 Å². The molecule has 1 amide bonds. The molecule has 0 unspecified atom stereocenters. The van der Waals surface area contributed by atoms with Crippen molar-refractivity contribution in [2.45, 2.75) is 19.8 Å². The Hall–Kier alpha value is -1.55. The molecule has 0 saturated carbocycles. The molecule has 0 aliphatic carbocycles. The maximum atomic E-state index is 12.7. The van der Waals surface area contributed by atoms with E-state index in [2.05, 4.69) is 24.4 Å². The summed E-state index contributed by atoms with van der Waals surface area (Å²) in [6.07, 6.45) is 1.88. The van der Waals surface area contributed by atoms with Gasteiger partial charge in [-0.25, -0.2) is 0 Å². The molecule has 1 aromatic heterocycles. The average molecular weight is 364 g/mol. The third-order valence-corrected chi connectivity index (χ3v) is 5.53. The molecule has 23 heavy (non-hydrogen) atoms. The fourth-order valence-electron chi connectivity index (χ4n) is 2.54. The highest BCUT2D eigenvalue weighted by Crippen LogP contribution is 2.33. The van der Waals surface area contributed by atoms with Crippen LogP contribution >= 0.6 is 34.5 Å². The van der Waals surface area contributed by atoms with Crippen LogP contribution in [0.1, 0.15) is 28.6 Å². The standard InChI is InChI=1S/C18H15Cl2NOS/c1-2-5-13-12-6-3-4-7-16(12)23-17(13)18(22)21-11-8-9-14(19)15(20)10-11/h3-4,6-10H,2,5H2,1H3,(H,21,22). The maximum Gasteiger partial charge on any atom is 0.266 e. The Kier molecular flexibility index (Phi) is 4.90. The van der Waals surface area contributed by atoms with E-state index in [4.69, 9.17) is 23.2 Å². The molecule has 3 aromatic rings. The Morgan fingerprint density at radius 2 is 1.91 bits per heavy atom. The van der Waals surface area contributed by atoms with Crippen LogP contribution in [0.5, 0.6) is 0 Å². The summed E-state index contributed by atoms with van der Waals surface area (Å²) in [5, 5.41) is 4.98. The van der Waals surface area contributed by atoms with Crippen LogP contribution in [0.2, 0.25) is 10.0 Å². The quantitative estimate of drug-likeness (QED) is 0.569. The first-order valence-electron chi connectivity index (χ1n) is 7.37. The van der Waals surface area contributed by atoms with Crippen LogP contribution in [-0.2, 0) is 6.42 Å². The van der Waals surface area contributed by atoms with Crippen molar-refractivity contribution in [1.82, 2.24) is 0 Å². The molecule has 118 valence electrons. The van der Waals surface area contributed by atoms with E-state index in [1.165, 1.54) is 16.7 Å².